The van der Waals surface area contributed by atoms with Crippen LogP contribution in [0.3, 0.4) is 0 Å². The van der Waals surface area contributed by atoms with Crippen LogP contribution in [0, 0.1) is 0 Å². The highest BCUT2D eigenvalue weighted by molar-refractivity contribution is 5.88. The first-order valence-electron chi connectivity index (χ1n) is 5.06. The minimum Gasteiger partial charge on any atom is -0.497 e. The van der Waals surface area contributed by atoms with Gasteiger partial charge in [0.25, 0.3) is 0 Å². The van der Waals surface area contributed by atoms with Crippen LogP contribution in [0.2, 0.25) is 0 Å². The van der Waals surface area contributed by atoms with Crippen LogP contribution in [0.1, 0.15) is 5.56 Å². The molecule has 0 atom stereocenters. The fourth-order valence-corrected chi connectivity index (χ4v) is 1.50. The van der Waals surface area contributed by atoms with Gasteiger partial charge in [-0.2, -0.15) is 0 Å². The fraction of sp³-hybridized carbons (Fsp3) is 0.154. The SMILES string of the molecule is COc1ccc(/C=C2/C=CC(=O)O2)c(OC)c1. The molecule has 0 spiro atoms. The lowest BCUT2D eigenvalue weighted by Gasteiger charge is -2.07. The monoisotopic (exact) mass is 232 g/mol. The summed E-state index contributed by atoms with van der Waals surface area (Å²) in [6, 6.07) is 5.42. The molecule has 4 heteroatoms. The van der Waals surface area contributed by atoms with Gasteiger partial charge in [0.1, 0.15) is 17.3 Å². The Bertz CT molecular complexity index is 500. The second-order valence-corrected chi connectivity index (χ2v) is 3.41. The molecule has 17 heavy (non-hydrogen) atoms. The Morgan fingerprint density at radius 1 is 1.18 bits per heavy atom. The van der Waals surface area contributed by atoms with Gasteiger partial charge < -0.3 is 14.2 Å². The maximum absolute atomic E-state index is 10.9. The lowest BCUT2D eigenvalue weighted by atomic mass is 10.1. The quantitative estimate of drug-likeness (QED) is 0.749. The summed E-state index contributed by atoms with van der Waals surface area (Å²) < 4.78 is 15.3. The molecule has 1 aliphatic rings. The first-order chi connectivity index (χ1) is 8.22. The minimum absolute atomic E-state index is 0.358. The normalized spacial score (nSPS) is 16.1. The number of carbonyl (C=O) groups excluding carboxylic acids is 1. The molecule has 4 nitrogen and oxygen atoms in total. The smallest absolute Gasteiger partial charge is 0.336 e. The average Bonchev–Trinajstić information content (AvgIpc) is 2.75. The molecule has 0 saturated carbocycles. The summed E-state index contributed by atoms with van der Waals surface area (Å²) in [4.78, 5) is 10.9. The molecule has 1 aliphatic heterocycles. The van der Waals surface area contributed by atoms with Crippen LogP contribution in [0.5, 0.6) is 11.5 Å². The van der Waals surface area contributed by atoms with Gasteiger partial charge in [-0.3, -0.25) is 0 Å². The average molecular weight is 232 g/mol. The molecule has 88 valence electrons. The number of ether oxygens (including phenoxy) is 3. The van der Waals surface area contributed by atoms with Gasteiger partial charge in [-0.1, -0.05) is 0 Å². The third-order valence-corrected chi connectivity index (χ3v) is 2.34. The second-order valence-electron chi connectivity index (χ2n) is 3.41. The maximum Gasteiger partial charge on any atom is 0.336 e. The first-order valence-corrected chi connectivity index (χ1v) is 5.06. The Morgan fingerprint density at radius 3 is 2.59 bits per heavy atom. The van der Waals surface area contributed by atoms with Crippen LogP contribution in [0.15, 0.2) is 36.1 Å². The molecule has 0 fully saturated rings. The number of allylic oxidation sites excluding steroid dienone is 1. The number of cyclic esters (lactones) is 1. The Kier molecular flexibility index (Phi) is 3.14. The standard InChI is InChI=1S/C13H12O4/c1-15-10-4-3-9(12(8-10)16-2)7-11-5-6-13(14)17-11/h3-8H,1-2H3/b11-7-. The van der Waals surface area contributed by atoms with Gasteiger partial charge in [0, 0.05) is 17.7 Å². The molecular weight excluding hydrogens is 220 g/mol. The summed E-state index contributed by atoms with van der Waals surface area (Å²) in [5.41, 5.74) is 0.822. The second kappa shape index (κ2) is 4.74. The van der Waals surface area contributed by atoms with E-state index < -0.39 is 0 Å². The van der Waals surface area contributed by atoms with Crippen molar-refractivity contribution in [2.45, 2.75) is 0 Å². The van der Waals surface area contributed by atoms with E-state index in [4.69, 9.17) is 14.2 Å². The molecular formula is C13H12O4. The molecule has 0 amide bonds. The van der Waals surface area contributed by atoms with E-state index in [1.54, 1.807) is 32.4 Å². The predicted octanol–water partition coefficient (Wildman–Crippen LogP) is 2.16. The van der Waals surface area contributed by atoms with Crippen molar-refractivity contribution in [2.75, 3.05) is 14.2 Å². The summed E-state index contributed by atoms with van der Waals surface area (Å²) in [6.45, 7) is 0. The van der Waals surface area contributed by atoms with Gasteiger partial charge in [0.15, 0.2) is 0 Å². The lowest BCUT2D eigenvalue weighted by molar-refractivity contribution is -0.132. The van der Waals surface area contributed by atoms with E-state index in [9.17, 15) is 4.79 Å². The highest BCUT2D eigenvalue weighted by Crippen LogP contribution is 2.27. The fourth-order valence-electron chi connectivity index (χ4n) is 1.50. The lowest BCUT2D eigenvalue weighted by Crippen LogP contribution is -1.92. The zero-order valence-electron chi connectivity index (χ0n) is 9.60. The van der Waals surface area contributed by atoms with Crippen LogP contribution in [-0.2, 0) is 9.53 Å². The Balaban J connectivity index is 2.33. The highest BCUT2D eigenvalue weighted by Gasteiger charge is 2.11. The van der Waals surface area contributed by atoms with Crippen LogP contribution in [-0.4, -0.2) is 20.2 Å². The molecule has 0 N–H and O–H groups in total. The van der Waals surface area contributed by atoms with E-state index in [0.717, 1.165) is 5.56 Å². The van der Waals surface area contributed by atoms with Crippen molar-refractivity contribution in [3.8, 4) is 11.5 Å². The van der Waals surface area contributed by atoms with Crippen LogP contribution in [0.4, 0.5) is 0 Å². The van der Waals surface area contributed by atoms with E-state index in [2.05, 4.69) is 0 Å². The van der Waals surface area contributed by atoms with Crippen molar-refractivity contribution in [2.24, 2.45) is 0 Å². The predicted molar refractivity (Wildman–Crippen MR) is 62.8 cm³/mol. The van der Waals surface area contributed by atoms with Crippen molar-refractivity contribution < 1.29 is 19.0 Å². The summed E-state index contributed by atoms with van der Waals surface area (Å²) in [5, 5.41) is 0. The van der Waals surface area contributed by atoms with Crippen LogP contribution in [0.25, 0.3) is 6.08 Å². The third kappa shape index (κ3) is 2.47. The number of rotatable bonds is 3. The van der Waals surface area contributed by atoms with Crippen molar-refractivity contribution in [1.29, 1.82) is 0 Å². The number of benzene rings is 1. The molecule has 0 unspecified atom stereocenters. The van der Waals surface area contributed by atoms with Gasteiger partial charge in [-0.05, 0) is 24.3 Å². The molecule has 2 rings (SSSR count). The van der Waals surface area contributed by atoms with Gasteiger partial charge in [-0.25, -0.2) is 4.79 Å². The topological polar surface area (TPSA) is 44.8 Å². The third-order valence-electron chi connectivity index (χ3n) is 2.34. The summed E-state index contributed by atoms with van der Waals surface area (Å²) >= 11 is 0. The van der Waals surface area contributed by atoms with Crippen molar-refractivity contribution >= 4 is 12.0 Å². The van der Waals surface area contributed by atoms with Crippen molar-refractivity contribution in [1.82, 2.24) is 0 Å². The van der Waals surface area contributed by atoms with Crippen molar-refractivity contribution in [3.63, 3.8) is 0 Å². The van der Waals surface area contributed by atoms with Gasteiger partial charge >= 0.3 is 5.97 Å². The number of methoxy groups -OCH3 is 2. The maximum atomic E-state index is 10.9. The van der Waals surface area contributed by atoms with E-state index in [-0.39, 0.29) is 5.97 Å². The Hall–Kier alpha value is -2.23. The molecule has 1 aromatic rings. The van der Waals surface area contributed by atoms with Crippen molar-refractivity contribution in [3.05, 3.63) is 41.7 Å². The zero-order chi connectivity index (χ0) is 12.3. The van der Waals surface area contributed by atoms with E-state index in [1.807, 2.05) is 12.1 Å². The first kappa shape index (κ1) is 11.3. The molecule has 1 heterocycles. The summed E-state index contributed by atoms with van der Waals surface area (Å²) in [5.74, 6) is 1.51. The van der Waals surface area contributed by atoms with E-state index >= 15 is 0 Å². The van der Waals surface area contributed by atoms with Crippen LogP contribution < -0.4 is 9.47 Å². The molecule has 1 aromatic carbocycles. The Morgan fingerprint density at radius 2 is 2.00 bits per heavy atom. The summed E-state index contributed by atoms with van der Waals surface area (Å²) in [7, 11) is 3.17. The molecule has 0 aromatic heterocycles. The molecule has 0 saturated heterocycles. The van der Waals surface area contributed by atoms with E-state index in [0.29, 0.717) is 17.3 Å². The number of esters is 1. The van der Waals surface area contributed by atoms with Gasteiger partial charge in [-0.15, -0.1) is 0 Å². The van der Waals surface area contributed by atoms with Gasteiger partial charge in [0.2, 0.25) is 0 Å². The molecule has 0 radical (unpaired) electrons. The largest absolute Gasteiger partial charge is 0.497 e. The number of carbonyl (C=O) groups is 1. The number of hydrogen-bond acceptors (Lipinski definition) is 4. The molecule has 0 aliphatic carbocycles. The highest BCUT2D eigenvalue weighted by atomic mass is 16.5. The van der Waals surface area contributed by atoms with Gasteiger partial charge in [0.05, 0.1) is 14.2 Å². The molecule has 0 bridgehead atoms. The zero-order valence-corrected chi connectivity index (χ0v) is 9.60. The number of hydrogen-bond donors (Lipinski definition) is 0. The Labute approximate surface area is 99.1 Å². The summed E-state index contributed by atoms with van der Waals surface area (Å²) in [6.07, 6.45) is 4.73. The van der Waals surface area contributed by atoms with E-state index in [1.165, 1.54) is 6.08 Å². The van der Waals surface area contributed by atoms with Crippen LogP contribution >= 0.6 is 0 Å². The minimum atomic E-state index is -0.358.